The van der Waals surface area contributed by atoms with Crippen molar-refractivity contribution in [3.8, 4) is 17.3 Å². The van der Waals surface area contributed by atoms with Gasteiger partial charge in [-0.2, -0.15) is 0 Å². The Morgan fingerprint density at radius 3 is 3.04 bits per heavy atom. The predicted molar refractivity (Wildman–Crippen MR) is 101 cm³/mol. The lowest BCUT2D eigenvalue weighted by atomic mass is 10.1. The van der Waals surface area contributed by atoms with Crippen molar-refractivity contribution in [2.45, 2.75) is 38.8 Å². The molecule has 2 N–H and O–H groups in total. The largest absolute Gasteiger partial charge is 0.491 e. The van der Waals surface area contributed by atoms with Crippen LogP contribution in [0.25, 0.3) is 17.2 Å². The van der Waals surface area contributed by atoms with Crippen LogP contribution in [0.5, 0.6) is 5.75 Å². The second-order valence-corrected chi connectivity index (χ2v) is 6.85. The summed E-state index contributed by atoms with van der Waals surface area (Å²) in [7, 11) is 0. The molecule has 0 radical (unpaired) electrons. The van der Waals surface area contributed by atoms with Gasteiger partial charge in [0.2, 0.25) is 0 Å². The van der Waals surface area contributed by atoms with Gasteiger partial charge in [0.15, 0.2) is 5.82 Å². The average Bonchev–Trinajstić information content (AvgIpc) is 3.05. The van der Waals surface area contributed by atoms with E-state index < -0.39 is 0 Å². The number of aromatic nitrogens is 4. The van der Waals surface area contributed by atoms with E-state index in [1.54, 1.807) is 12.4 Å². The SMILES string of the molecule is CC(C)Oc1ccn2c(-c3nccc(N[C@@H]4CCCNC4)n3)cnc2c1. The van der Waals surface area contributed by atoms with Crippen molar-refractivity contribution in [3.05, 3.63) is 36.8 Å². The van der Waals surface area contributed by atoms with E-state index in [2.05, 4.69) is 25.6 Å². The van der Waals surface area contributed by atoms with Gasteiger partial charge in [-0.15, -0.1) is 0 Å². The Morgan fingerprint density at radius 2 is 2.23 bits per heavy atom. The first-order valence-electron chi connectivity index (χ1n) is 9.13. The van der Waals surface area contributed by atoms with E-state index in [-0.39, 0.29) is 6.10 Å². The molecule has 1 atom stereocenters. The minimum atomic E-state index is 0.132. The molecule has 4 heterocycles. The maximum absolute atomic E-state index is 5.74. The normalized spacial score (nSPS) is 17.6. The van der Waals surface area contributed by atoms with Crippen molar-refractivity contribution in [1.82, 2.24) is 24.7 Å². The number of imidazole rings is 1. The van der Waals surface area contributed by atoms with Crippen molar-refractivity contribution in [1.29, 1.82) is 0 Å². The van der Waals surface area contributed by atoms with E-state index >= 15 is 0 Å². The van der Waals surface area contributed by atoms with E-state index in [1.165, 1.54) is 6.42 Å². The fraction of sp³-hybridized carbons (Fsp3) is 0.421. The maximum atomic E-state index is 5.74. The quantitative estimate of drug-likeness (QED) is 0.735. The van der Waals surface area contributed by atoms with Crippen molar-refractivity contribution >= 4 is 11.5 Å². The molecule has 0 saturated carbocycles. The number of nitrogens with zero attached hydrogens (tertiary/aromatic N) is 4. The van der Waals surface area contributed by atoms with Crippen LogP contribution >= 0.6 is 0 Å². The average molecular weight is 352 g/mol. The maximum Gasteiger partial charge on any atom is 0.180 e. The lowest BCUT2D eigenvalue weighted by molar-refractivity contribution is 0.242. The Balaban J connectivity index is 1.59. The second kappa shape index (κ2) is 7.29. The molecule has 0 spiro atoms. The van der Waals surface area contributed by atoms with Crippen molar-refractivity contribution in [3.63, 3.8) is 0 Å². The highest BCUT2D eigenvalue weighted by molar-refractivity contribution is 5.59. The molecule has 0 aromatic carbocycles. The molecule has 3 aromatic rings. The molecule has 0 bridgehead atoms. The lowest BCUT2D eigenvalue weighted by Crippen LogP contribution is -2.38. The Labute approximate surface area is 152 Å². The predicted octanol–water partition coefficient (Wildman–Crippen LogP) is 2.74. The summed E-state index contributed by atoms with van der Waals surface area (Å²) in [6, 6.07) is 6.19. The highest BCUT2D eigenvalue weighted by Crippen LogP contribution is 2.22. The van der Waals surface area contributed by atoms with E-state index in [4.69, 9.17) is 4.74 Å². The Bertz CT molecular complexity index is 885. The summed E-state index contributed by atoms with van der Waals surface area (Å²) < 4.78 is 7.72. The van der Waals surface area contributed by atoms with E-state index in [0.29, 0.717) is 11.9 Å². The van der Waals surface area contributed by atoms with E-state index in [1.807, 2.05) is 42.6 Å². The van der Waals surface area contributed by atoms with Crippen LogP contribution in [0.1, 0.15) is 26.7 Å². The summed E-state index contributed by atoms with van der Waals surface area (Å²) in [5.41, 5.74) is 1.68. The number of ether oxygens (including phenoxy) is 1. The van der Waals surface area contributed by atoms with Crippen LogP contribution in [0.3, 0.4) is 0 Å². The minimum absolute atomic E-state index is 0.132. The van der Waals surface area contributed by atoms with Crippen LogP contribution < -0.4 is 15.4 Å². The highest BCUT2D eigenvalue weighted by Gasteiger charge is 2.15. The summed E-state index contributed by atoms with van der Waals surface area (Å²) in [5.74, 6) is 2.31. The number of pyridine rings is 1. The number of piperidine rings is 1. The van der Waals surface area contributed by atoms with Gasteiger partial charge in [0.1, 0.15) is 22.9 Å². The molecule has 0 amide bonds. The van der Waals surface area contributed by atoms with Gasteiger partial charge >= 0.3 is 0 Å². The van der Waals surface area contributed by atoms with Crippen LogP contribution in [-0.4, -0.2) is 44.6 Å². The van der Waals surface area contributed by atoms with Gasteiger partial charge in [0, 0.05) is 31.0 Å². The molecule has 4 rings (SSSR count). The zero-order chi connectivity index (χ0) is 17.9. The number of rotatable bonds is 5. The molecule has 3 aromatic heterocycles. The molecule has 7 heteroatoms. The van der Waals surface area contributed by atoms with Gasteiger partial charge in [0.25, 0.3) is 0 Å². The number of hydrogen-bond donors (Lipinski definition) is 2. The fourth-order valence-corrected chi connectivity index (χ4v) is 3.22. The zero-order valence-electron chi connectivity index (χ0n) is 15.1. The molecule has 1 aliphatic heterocycles. The summed E-state index contributed by atoms with van der Waals surface area (Å²) in [4.78, 5) is 13.6. The molecule has 0 unspecified atom stereocenters. The van der Waals surface area contributed by atoms with E-state index in [0.717, 1.165) is 42.4 Å². The van der Waals surface area contributed by atoms with Gasteiger partial charge in [-0.3, -0.25) is 4.40 Å². The van der Waals surface area contributed by atoms with Crippen LogP contribution in [0.15, 0.2) is 36.8 Å². The topological polar surface area (TPSA) is 76.4 Å². The van der Waals surface area contributed by atoms with Crippen LogP contribution in [0.2, 0.25) is 0 Å². The number of anilines is 1. The second-order valence-electron chi connectivity index (χ2n) is 6.85. The summed E-state index contributed by atoms with van der Waals surface area (Å²) in [6.45, 7) is 6.08. The smallest absolute Gasteiger partial charge is 0.180 e. The fourth-order valence-electron chi connectivity index (χ4n) is 3.22. The molecule has 136 valence electrons. The van der Waals surface area contributed by atoms with Crippen LogP contribution in [0, 0.1) is 0 Å². The first kappa shape index (κ1) is 16.8. The Kier molecular flexibility index (Phi) is 4.71. The first-order valence-corrected chi connectivity index (χ1v) is 9.13. The van der Waals surface area contributed by atoms with Gasteiger partial charge in [-0.25, -0.2) is 15.0 Å². The molecule has 1 fully saturated rings. The van der Waals surface area contributed by atoms with Gasteiger partial charge < -0.3 is 15.4 Å². The number of fused-ring (bicyclic) bond motifs is 1. The molecule has 26 heavy (non-hydrogen) atoms. The molecule has 1 saturated heterocycles. The van der Waals surface area contributed by atoms with E-state index in [9.17, 15) is 0 Å². The lowest BCUT2D eigenvalue weighted by Gasteiger charge is -2.24. The van der Waals surface area contributed by atoms with Gasteiger partial charge in [-0.1, -0.05) is 0 Å². The van der Waals surface area contributed by atoms with Gasteiger partial charge in [-0.05, 0) is 45.4 Å². The first-order chi connectivity index (χ1) is 12.7. The Morgan fingerprint density at radius 1 is 1.31 bits per heavy atom. The third-order valence-electron chi connectivity index (χ3n) is 4.39. The zero-order valence-corrected chi connectivity index (χ0v) is 15.1. The molecular weight excluding hydrogens is 328 g/mol. The summed E-state index contributed by atoms with van der Waals surface area (Å²) in [6.07, 6.45) is 8.01. The third kappa shape index (κ3) is 3.62. The number of nitrogens with one attached hydrogen (secondary N) is 2. The standard InChI is InChI=1S/C19H24N6O/c1-13(2)26-15-6-9-25-16(12-22-18(25)10-15)19-21-8-5-17(24-19)23-14-4-3-7-20-11-14/h5-6,8-10,12-14,20H,3-4,7,11H2,1-2H3,(H,21,23,24)/t14-/m1/s1. The van der Waals surface area contributed by atoms with Crippen LogP contribution in [-0.2, 0) is 0 Å². The van der Waals surface area contributed by atoms with Crippen molar-refractivity contribution in [2.75, 3.05) is 18.4 Å². The Hall–Kier alpha value is -2.67. The minimum Gasteiger partial charge on any atom is -0.491 e. The molecular formula is C19H24N6O. The number of hydrogen-bond acceptors (Lipinski definition) is 6. The third-order valence-corrected chi connectivity index (χ3v) is 4.39. The van der Waals surface area contributed by atoms with Gasteiger partial charge in [0.05, 0.1) is 12.3 Å². The highest BCUT2D eigenvalue weighted by atomic mass is 16.5. The monoisotopic (exact) mass is 352 g/mol. The molecule has 7 nitrogen and oxygen atoms in total. The van der Waals surface area contributed by atoms with Crippen LogP contribution in [0.4, 0.5) is 5.82 Å². The summed E-state index contributed by atoms with van der Waals surface area (Å²) >= 11 is 0. The molecule has 1 aliphatic rings. The summed E-state index contributed by atoms with van der Waals surface area (Å²) in [5, 5.41) is 6.91. The van der Waals surface area contributed by atoms with Crippen molar-refractivity contribution < 1.29 is 4.74 Å². The molecule has 0 aliphatic carbocycles. The van der Waals surface area contributed by atoms with Crippen molar-refractivity contribution in [2.24, 2.45) is 0 Å².